The molecule has 0 spiro atoms. The summed E-state index contributed by atoms with van der Waals surface area (Å²) in [6.45, 7) is 7.75. The minimum Gasteiger partial charge on any atom is -0.382 e. The first-order valence-electron chi connectivity index (χ1n) is 13.8. The first kappa shape index (κ1) is 29.3. The van der Waals surface area contributed by atoms with Gasteiger partial charge in [0.15, 0.2) is 0 Å². The predicted molar refractivity (Wildman–Crippen MR) is 172 cm³/mol. The molecule has 3 aromatic carbocycles. The van der Waals surface area contributed by atoms with Crippen molar-refractivity contribution in [2.24, 2.45) is 0 Å². The van der Waals surface area contributed by atoms with Crippen molar-refractivity contribution in [2.45, 2.75) is 6.92 Å². The molecule has 0 fully saturated rings. The van der Waals surface area contributed by atoms with Crippen molar-refractivity contribution in [1.82, 2.24) is 14.9 Å². The summed E-state index contributed by atoms with van der Waals surface area (Å²) in [6, 6.07) is 19.9. The summed E-state index contributed by atoms with van der Waals surface area (Å²) in [5.74, 6) is 0. The number of rotatable bonds is 14. The van der Waals surface area contributed by atoms with Gasteiger partial charge in [0.2, 0.25) is 0 Å². The van der Waals surface area contributed by atoms with Crippen molar-refractivity contribution >= 4 is 67.3 Å². The van der Waals surface area contributed by atoms with Gasteiger partial charge in [-0.05, 0) is 68.6 Å². The van der Waals surface area contributed by atoms with Crippen LogP contribution in [0.15, 0.2) is 66.9 Å². The molecule has 0 unspecified atom stereocenters. The molecule has 5 aromatic rings. The summed E-state index contributed by atoms with van der Waals surface area (Å²) >= 11 is 12.3. The van der Waals surface area contributed by atoms with Crippen LogP contribution in [-0.2, 0) is 9.47 Å². The Morgan fingerprint density at radius 1 is 0.707 bits per heavy atom. The quantitative estimate of drug-likeness (QED) is 0.106. The van der Waals surface area contributed by atoms with E-state index in [4.69, 9.17) is 37.7 Å². The van der Waals surface area contributed by atoms with Crippen LogP contribution >= 0.6 is 23.2 Å². The Bertz CT molecular complexity index is 1630. The van der Waals surface area contributed by atoms with Crippen LogP contribution < -0.4 is 10.6 Å². The van der Waals surface area contributed by atoms with Gasteiger partial charge in [-0.25, -0.2) is 4.98 Å². The molecule has 5 rings (SSSR count). The number of benzene rings is 3. The number of hydrogen-bond donors (Lipinski definition) is 2. The molecule has 0 aliphatic carbocycles. The molecule has 0 aliphatic heterocycles. The van der Waals surface area contributed by atoms with E-state index in [-0.39, 0.29) is 0 Å². The molecule has 0 saturated carbocycles. The number of nitrogens with zero attached hydrogens (tertiary/aromatic N) is 3. The lowest BCUT2D eigenvalue weighted by Crippen LogP contribution is -2.28. The highest BCUT2D eigenvalue weighted by Gasteiger charge is 2.10. The van der Waals surface area contributed by atoms with Gasteiger partial charge < -0.3 is 25.0 Å². The van der Waals surface area contributed by atoms with Crippen LogP contribution in [-0.4, -0.2) is 74.5 Å². The molecule has 214 valence electrons. The molecule has 7 nitrogen and oxygen atoms in total. The van der Waals surface area contributed by atoms with Crippen molar-refractivity contribution in [3.63, 3.8) is 0 Å². The number of nitrogens with one attached hydrogen (secondary N) is 2. The zero-order chi connectivity index (χ0) is 28.6. The average Bonchev–Trinajstić information content (AvgIpc) is 2.96. The Balaban J connectivity index is 0.990. The van der Waals surface area contributed by atoms with Crippen LogP contribution in [0.25, 0.3) is 32.7 Å². The van der Waals surface area contributed by atoms with Crippen LogP contribution in [0.1, 0.15) is 5.56 Å². The van der Waals surface area contributed by atoms with E-state index < -0.39 is 0 Å². The molecule has 0 bridgehead atoms. The Hall–Kier alpha value is -3.20. The van der Waals surface area contributed by atoms with E-state index in [1.807, 2.05) is 42.5 Å². The summed E-state index contributed by atoms with van der Waals surface area (Å²) < 4.78 is 11.8. The van der Waals surface area contributed by atoms with Gasteiger partial charge in [-0.3, -0.25) is 4.98 Å². The molecule has 0 atom stereocenters. The SMILES string of the molecule is Cc1ccc2nc3cc(Cl)ccc3c(NCCOCCN(C)CCOCCNc3ccnc4cc(Cl)ccc34)c2c1. The number of anilines is 2. The number of hydrogen-bond acceptors (Lipinski definition) is 7. The highest BCUT2D eigenvalue weighted by Crippen LogP contribution is 2.32. The molecule has 2 aromatic heterocycles. The van der Waals surface area contributed by atoms with Crippen molar-refractivity contribution in [1.29, 1.82) is 0 Å². The Morgan fingerprint density at radius 3 is 2.15 bits per heavy atom. The summed E-state index contributed by atoms with van der Waals surface area (Å²) in [6.07, 6.45) is 1.79. The van der Waals surface area contributed by atoms with E-state index in [1.54, 1.807) is 6.20 Å². The molecule has 2 N–H and O–H groups in total. The maximum Gasteiger partial charge on any atom is 0.0745 e. The van der Waals surface area contributed by atoms with E-state index in [0.717, 1.165) is 63.7 Å². The number of aromatic nitrogens is 2. The normalized spacial score (nSPS) is 11.6. The van der Waals surface area contributed by atoms with Gasteiger partial charge in [-0.15, -0.1) is 0 Å². The number of likely N-dealkylation sites (N-methyl/N-ethyl adjacent to an activating group) is 1. The number of fused-ring (bicyclic) bond motifs is 3. The highest BCUT2D eigenvalue weighted by atomic mass is 35.5. The van der Waals surface area contributed by atoms with Gasteiger partial charge in [0.25, 0.3) is 0 Å². The minimum atomic E-state index is 0.608. The molecule has 0 saturated heterocycles. The van der Waals surface area contributed by atoms with E-state index in [1.165, 1.54) is 5.56 Å². The maximum atomic E-state index is 6.23. The second kappa shape index (κ2) is 14.1. The van der Waals surface area contributed by atoms with Gasteiger partial charge in [-0.2, -0.15) is 0 Å². The molecule has 0 aliphatic rings. The zero-order valence-corrected chi connectivity index (χ0v) is 24.9. The Kier molecular flexibility index (Phi) is 10.1. The second-order valence-corrected chi connectivity index (χ2v) is 10.9. The summed E-state index contributed by atoms with van der Waals surface area (Å²) in [4.78, 5) is 11.4. The third-order valence-electron chi connectivity index (χ3n) is 6.94. The first-order chi connectivity index (χ1) is 20.0. The largest absolute Gasteiger partial charge is 0.382 e. The van der Waals surface area contributed by atoms with Crippen LogP contribution in [0.5, 0.6) is 0 Å². The van der Waals surface area contributed by atoms with Gasteiger partial charge in [0, 0.05) is 64.3 Å². The van der Waals surface area contributed by atoms with Crippen molar-refractivity contribution in [3.8, 4) is 0 Å². The highest BCUT2D eigenvalue weighted by molar-refractivity contribution is 6.31. The number of pyridine rings is 2. The molecule has 41 heavy (non-hydrogen) atoms. The van der Waals surface area contributed by atoms with Crippen molar-refractivity contribution in [3.05, 3.63) is 82.5 Å². The Labute approximate surface area is 250 Å². The number of ether oxygens (including phenoxy) is 2. The summed E-state index contributed by atoms with van der Waals surface area (Å²) in [5.41, 5.74) is 6.01. The lowest BCUT2D eigenvalue weighted by molar-refractivity contribution is 0.0911. The molecular weight excluding hydrogens is 557 g/mol. The topological polar surface area (TPSA) is 71.5 Å². The van der Waals surface area contributed by atoms with E-state index >= 15 is 0 Å². The van der Waals surface area contributed by atoms with E-state index in [2.05, 4.69) is 52.7 Å². The van der Waals surface area contributed by atoms with Crippen molar-refractivity contribution in [2.75, 3.05) is 70.3 Å². The maximum absolute atomic E-state index is 6.23. The zero-order valence-electron chi connectivity index (χ0n) is 23.4. The smallest absolute Gasteiger partial charge is 0.0745 e. The molecule has 0 radical (unpaired) electrons. The second-order valence-electron chi connectivity index (χ2n) is 10.1. The summed E-state index contributed by atoms with van der Waals surface area (Å²) in [7, 11) is 2.08. The van der Waals surface area contributed by atoms with Gasteiger partial charge >= 0.3 is 0 Å². The van der Waals surface area contributed by atoms with E-state index in [9.17, 15) is 0 Å². The van der Waals surface area contributed by atoms with Gasteiger partial charge in [-0.1, -0.05) is 34.8 Å². The third kappa shape index (κ3) is 7.76. The van der Waals surface area contributed by atoms with Gasteiger partial charge in [0.1, 0.15) is 0 Å². The lowest BCUT2D eigenvalue weighted by atomic mass is 10.1. The number of aryl methyl sites for hydroxylation is 1. The third-order valence-corrected chi connectivity index (χ3v) is 7.41. The first-order valence-corrected chi connectivity index (χ1v) is 14.6. The van der Waals surface area contributed by atoms with E-state index in [0.29, 0.717) is 43.0 Å². The monoisotopic (exact) mass is 591 g/mol. The van der Waals surface area contributed by atoms with Gasteiger partial charge in [0.05, 0.1) is 48.7 Å². The minimum absolute atomic E-state index is 0.608. The Morgan fingerprint density at radius 2 is 1.39 bits per heavy atom. The van der Waals surface area contributed by atoms with Crippen LogP contribution in [0, 0.1) is 6.92 Å². The van der Waals surface area contributed by atoms with Crippen LogP contribution in [0.2, 0.25) is 10.0 Å². The number of halogens is 2. The summed E-state index contributed by atoms with van der Waals surface area (Å²) in [5, 5.41) is 11.6. The molecule has 2 heterocycles. The molecular formula is C32H35Cl2N5O2. The standard InChI is InChI=1S/C32H35Cl2N5O2/c1-22-3-8-29-27(19-22)32(26-7-5-24(34)21-31(26)38-29)37-12-16-41-18-14-39(2)13-17-40-15-11-36-28-9-10-35-30-20-23(33)4-6-25(28)30/h3-10,19-21H,11-18H2,1-2H3,(H,35,36)(H,37,38). The lowest BCUT2D eigenvalue weighted by Gasteiger charge is -2.17. The average molecular weight is 593 g/mol. The van der Waals surface area contributed by atoms with Crippen molar-refractivity contribution < 1.29 is 9.47 Å². The fourth-order valence-electron chi connectivity index (χ4n) is 4.76. The fourth-order valence-corrected chi connectivity index (χ4v) is 5.09. The molecule has 9 heteroatoms. The fraction of sp³-hybridized carbons (Fsp3) is 0.312. The molecule has 0 amide bonds. The van der Waals surface area contributed by atoms with Crippen LogP contribution in [0.3, 0.4) is 0 Å². The predicted octanol–water partition coefficient (Wildman–Crippen LogP) is 7.04. The van der Waals surface area contributed by atoms with Crippen LogP contribution in [0.4, 0.5) is 11.4 Å².